The molecule has 0 aliphatic heterocycles. The predicted octanol–water partition coefficient (Wildman–Crippen LogP) is 5.44. The fraction of sp³-hybridized carbons (Fsp3) is 0.400. The van der Waals surface area contributed by atoms with Crippen LogP contribution in [0.25, 0.3) is 10.2 Å². The summed E-state index contributed by atoms with van der Waals surface area (Å²) in [5, 5.41) is 5.02. The Morgan fingerprint density at radius 1 is 1.17 bits per heavy atom. The molecule has 0 saturated heterocycles. The third-order valence-corrected chi connectivity index (χ3v) is 5.95. The van der Waals surface area contributed by atoms with Gasteiger partial charge in [0, 0.05) is 4.88 Å². The van der Waals surface area contributed by atoms with E-state index >= 15 is 0 Å². The highest BCUT2D eigenvalue weighted by Gasteiger charge is 2.23. The Bertz CT molecular complexity index is 854. The highest BCUT2D eigenvalue weighted by molar-refractivity contribution is 7.19. The Labute approximate surface area is 147 Å². The van der Waals surface area contributed by atoms with E-state index in [1.54, 1.807) is 0 Å². The van der Waals surface area contributed by atoms with Crippen molar-refractivity contribution in [3.63, 3.8) is 0 Å². The van der Waals surface area contributed by atoms with Crippen LogP contribution in [-0.4, -0.2) is 9.97 Å². The summed E-state index contributed by atoms with van der Waals surface area (Å²) in [6.45, 7) is 4.23. The summed E-state index contributed by atoms with van der Waals surface area (Å²) in [7, 11) is 0. The van der Waals surface area contributed by atoms with Crippen LogP contribution in [-0.2, 0) is 12.8 Å². The van der Waals surface area contributed by atoms with Crippen molar-refractivity contribution in [2.24, 2.45) is 0 Å². The largest absolute Gasteiger partial charge is 0.363 e. The fourth-order valence-electron chi connectivity index (χ4n) is 3.67. The van der Waals surface area contributed by atoms with Crippen molar-refractivity contribution in [2.75, 3.05) is 5.32 Å². The van der Waals surface area contributed by atoms with Crippen LogP contribution < -0.4 is 5.32 Å². The van der Waals surface area contributed by atoms with Gasteiger partial charge in [0.15, 0.2) is 0 Å². The van der Waals surface area contributed by atoms with Gasteiger partial charge in [-0.05, 0) is 43.7 Å². The Kier molecular flexibility index (Phi) is 4.23. The second-order valence-corrected chi connectivity index (χ2v) is 7.64. The minimum atomic E-state index is 0.297. The van der Waals surface area contributed by atoms with Crippen molar-refractivity contribution < 1.29 is 0 Å². The Hall–Kier alpha value is -1.94. The van der Waals surface area contributed by atoms with Crippen LogP contribution in [0.2, 0.25) is 0 Å². The molecule has 0 amide bonds. The predicted molar refractivity (Wildman–Crippen MR) is 102 cm³/mol. The molecule has 2 heterocycles. The summed E-state index contributed by atoms with van der Waals surface area (Å²) >= 11 is 1.86. The van der Waals surface area contributed by atoms with Gasteiger partial charge in [0.2, 0.25) is 0 Å². The zero-order chi connectivity index (χ0) is 16.5. The monoisotopic (exact) mass is 337 g/mol. The van der Waals surface area contributed by atoms with Crippen molar-refractivity contribution in [1.82, 2.24) is 9.97 Å². The minimum absolute atomic E-state index is 0.297. The molecule has 0 fully saturated rings. The number of aromatic nitrogens is 2. The Morgan fingerprint density at radius 3 is 2.79 bits per heavy atom. The number of fused-ring (bicyclic) bond motifs is 3. The molecule has 0 unspecified atom stereocenters. The van der Waals surface area contributed by atoms with E-state index in [9.17, 15) is 0 Å². The van der Waals surface area contributed by atoms with Crippen molar-refractivity contribution in [3.05, 3.63) is 52.2 Å². The normalized spacial score (nSPS) is 14.8. The van der Waals surface area contributed by atoms with Crippen LogP contribution in [0.15, 0.2) is 30.3 Å². The molecule has 4 heteroatoms. The molecule has 2 aromatic heterocycles. The molecule has 1 aromatic carbocycles. The second kappa shape index (κ2) is 6.52. The number of hydrogen-bond donors (Lipinski definition) is 1. The van der Waals surface area contributed by atoms with Gasteiger partial charge >= 0.3 is 0 Å². The SMILES string of the molecule is CCC[C@H](Nc1nc(C)nc2sc3c(c12)CCC3)c1ccccc1. The summed E-state index contributed by atoms with van der Waals surface area (Å²) in [5.41, 5.74) is 2.82. The molecule has 1 atom stereocenters. The van der Waals surface area contributed by atoms with E-state index in [-0.39, 0.29) is 0 Å². The molecule has 124 valence electrons. The van der Waals surface area contributed by atoms with Crippen molar-refractivity contribution >= 4 is 27.4 Å². The van der Waals surface area contributed by atoms with Crippen molar-refractivity contribution in [2.45, 2.75) is 52.0 Å². The van der Waals surface area contributed by atoms with Crippen LogP contribution in [0.3, 0.4) is 0 Å². The number of nitrogens with one attached hydrogen (secondary N) is 1. The third kappa shape index (κ3) is 2.80. The zero-order valence-corrected chi connectivity index (χ0v) is 15.1. The highest BCUT2D eigenvalue weighted by Crippen LogP contribution is 2.40. The number of aryl methyl sites for hydroxylation is 3. The number of thiophene rings is 1. The van der Waals surface area contributed by atoms with E-state index < -0.39 is 0 Å². The average Bonchev–Trinajstić information content (AvgIpc) is 3.15. The number of nitrogens with zero attached hydrogens (tertiary/aromatic N) is 2. The first-order chi connectivity index (χ1) is 11.8. The molecule has 24 heavy (non-hydrogen) atoms. The van der Waals surface area contributed by atoms with Gasteiger partial charge in [-0.15, -0.1) is 11.3 Å². The maximum absolute atomic E-state index is 4.78. The standard InChI is InChI=1S/C20H23N3S/c1-3-8-16(14-9-5-4-6-10-14)23-19-18-15-11-7-12-17(15)24-20(18)22-13(2)21-19/h4-6,9-10,16H,3,7-8,11-12H2,1-2H3,(H,21,22,23)/t16-/m0/s1. The molecule has 0 radical (unpaired) electrons. The smallest absolute Gasteiger partial charge is 0.139 e. The third-order valence-electron chi connectivity index (χ3n) is 4.77. The van der Waals surface area contributed by atoms with Crippen LogP contribution in [0.4, 0.5) is 5.82 Å². The fourth-order valence-corrected chi connectivity index (χ4v) is 4.97. The molecule has 3 aromatic rings. The summed E-state index contributed by atoms with van der Waals surface area (Å²) in [6.07, 6.45) is 5.87. The van der Waals surface area contributed by atoms with Crippen molar-refractivity contribution in [1.29, 1.82) is 0 Å². The maximum Gasteiger partial charge on any atom is 0.139 e. The first kappa shape index (κ1) is 15.6. The first-order valence-corrected chi connectivity index (χ1v) is 9.68. The van der Waals surface area contributed by atoms with Gasteiger partial charge in [-0.2, -0.15) is 0 Å². The van der Waals surface area contributed by atoms with E-state index in [2.05, 4.69) is 42.6 Å². The number of anilines is 1. The van der Waals surface area contributed by atoms with E-state index in [0.29, 0.717) is 6.04 Å². The summed E-state index contributed by atoms with van der Waals surface area (Å²) in [5.74, 6) is 1.88. The molecular weight excluding hydrogens is 314 g/mol. The van der Waals surface area contributed by atoms with Crippen LogP contribution >= 0.6 is 11.3 Å². The summed E-state index contributed by atoms with van der Waals surface area (Å²) in [4.78, 5) is 12.1. The van der Waals surface area contributed by atoms with Gasteiger partial charge < -0.3 is 5.32 Å². The average molecular weight is 337 g/mol. The second-order valence-electron chi connectivity index (χ2n) is 6.55. The van der Waals surface area contributed by atoms with Gasteiger partial charge in [0.05, 0.1) is 11.4 Å². The van der Waals surface area contributed by atoms with Gasteiger partial charge in [0.25, 0.3) is 0 Å². The van der Waals surface area contributed by atoms with Gasteiger partial charge in [-0.1, -0.05) is 43.7 Å². The van der Waals surface area contributed by atoms with Gasteiger partial charge in [0.1, 0.15) is 16.5 Å². The summed E-state index contributed by atoms with van der Waals surface area (Å²) < 4.78 is 0. The highest BCUT2D eigenvalue weighted by atomic mass is 32.1. The first-order valence-electron chi connectivity index (χ1n) is 8.86. The number of benzene rings is 1. The molecule has 0 spiro atoms. The molecule has 3 nitrogen and oxygen atoms in total. The lowest BCUT2D eigenvalue weighted by atomic mass is 10.0. The number of hydrogen-bond acceptors (Lipinski definition) is 4. The molecule has 4 rings (SSSR count). The topological polar surface area (TPSA) is 37.8 Å². The van der Waals surface area contributed by atoms with Gasteiger partial charge in [-0.3, -0.25) is 0 Å². The summed E-state index contributed by atoms with van der Waals surface area (Å²) in [6, 6.07) is 11.0. The van der Waals surface area contributed by atoms with Crippen LogP contribution in [0.1, 0.15) is 54.1 Å². The maximum atomic E-state index is 4.78. The zero-order valence-electron chi connectivity index (χ0n) is 14.3. The van der Waals surface area contributed by atoms with E-state index in [4.69, 9.17) is 9.97 Å². The van der Waals surface area contributed by atoms with E-state index in [1.165, 1.54) is 40.7 Å². The number of rotatable bonds is 5. The molecular formula is C20H23N3S. The van der Waals surface area contributed by atoms with Crippen LogP contribution in [0.5, 0.6) is 0 Å². The molecule has 1 aliphatic rings. The molecule has 1 aliphatic carbocycles. The van der Waals surface area contributed by atoms with Crippen molar-refractivity contribution in [3.8, 4) is 0 Å². The quantitative estimate of drug-likeness (QED) is 0.673. The van der Waals surface area contributed by atoms with E-state index in [1.807, 2.05) is 18.3 Å². The van der Waals surface area contributed by atoms with E-state index in [0.717, 1.165) is 29.3 Å². The molecule has 1 N–H and O–H groups in total. The lowest BCUT2D eigenvalue weighted by molar-refractivity contribution is 0.675. The Balaban J connectivity index is 1.77. The molecule has 0 bridgehead atoms. The Morgan fingerprint density at radius 2 is 2.00 bits per heavy atom. The minimum Gasteiger partial charge on any atom is -0.363 e. The lowest BCUT2D eigenvalue weighted by Gasteiger charge is -2.20. The lowest BCUT2D eigenvalue weighted by Crippen LogP contribution is -2.12. The van der Waals surface area contributed by atoms with Crippen LogP contribution in [0, 0.1) is 6.92 Å². The van der Waals surface area contributed by atoms with Gasteiger partial charge in [-0.25, -0.2) is 9.97 Å². The molecule has 0 saturated carbocycles.